The number of nitrogens with one attached hydrogen (secondary N) is 1. The van der Waals surface area contributed by atoms with Crippen LogP contribution < -0.4 is 5.69 Å². The van der Waals surface area contributed by atoms with Crippen molar-refractivity contribution >= 4 is 11.2 Å². The molecule has 0 bridgehead atoms. The number of aromatic nitrogens is 4. The van der Waals surface area contributed by atoms with Crippen LogP contribution in [-0.4, -0.2) is 35.8 Å². The maximum atomic E-state index is 12.4. The van der Waals surface area contributed by atoms with Crippen LogP contribution in [0.1, 0.15) is 31.7 Å². The van der Waals surface area contributed by atoms with Crippen molar-refractivity contribution in [1.82, 2.24) is 19.5 Å². The highest BCUT2D eigenvalue weighted by Crippen LogP contribution is 2.30. The minimum absolute atomic E-state index is 0.0292. The Balaban J connectivity index is 1.81. The summed E-state index contributed by atoms with van der Waals surface area (Å²) in [4.78, 5) is 24.0. The maximum absolute atomic E-state index is 12.4. The first-order chi connectivity index (χ1) is 11.6. The highest BCUT2D eigenvalue weighted by molar-refractivity contribution is 5.73. The van der Waals surface area contributed by atoms with Crippen LogP contribution in [0.2, 0.25) is 0 Å². The van der Waals surface area contributed by atoms with Gasteiger partial charge in [0.05, 0.1) is 12.3 Å². The summed E-state index contributed by atoms with van der Waals surface area (Å²) in [5, 5.41) is 19.3. The van der Waals surface area contributed by atoms with Crippen molar-refractivity contribution in [3.8, 4) is 17.1 Å². The summed E-state index contributed by atoms with van der Waals surface area (Å²) in [6.07, 6.45) is 4.19. The molecule has 0 atom stereocenters. The Morgan fingerprint density at radius 1 is 1.21 bits per heavy atom. The van der Waals surface area contributed by atoms with E-state index in [0.29, 0.717) is 35.4 Å². The summed E-state index contributed by atoms with van der Waals surface area (Å²) >= 11 is 0. The number of nitrogens with zero attached hydrogens (tertiary/aromatic N) is 3. The van der Waals surface area contributed by atoms with E-state index < -0.39 is 0 Å². The van der Waals surface area contributed by atoms with Gasteiger partial charge in [0.2, 0.25) is 0 Å². The van der Waals surface area contributed by atoms with Gasteiger partial charge in [-0.3, -0.25) is 4.57 Å². The second kappa shape index (κ2) is 5.76. The highest BCUT2D eigenvalue weighted by atomic mass is 16.3. The molecule has 2 aromatic heterocycles. The van der Waals surface area contributed by atoms with Gasteiger partial charge in [-0.15, -0.1) is 0 Å². The van der Waals surface area contributed by atoms with Crippen LogP contribution in [0.3, 0.4) is 0 Å². The molecule has 3 N–H and O–H groups in total. The van der Waals surface area contributed by atoms with Crippen LogP contribution >= 0.6 is 0 Å². The number of aliphatic hydroxyl groups excluding tert-OH is 1. The predicted octanol–water partition coefficient (Wildman–Crippen LogP) is 1.97. The molecule has 7 heteroatoms. The third-order valence-electron chi connectivity index (χ3n) is 4.59. The van der Waals surface area contributed by atoms with Crippen LogP contribution in [0.5, 0.6) is 5.75 Å². The number of hydrogen-bond acceptors (Lipinski definition) is 5. The number of aliphatic hydroxyl groups is 1. The number of phenols is 1. The average molecular weight is 326 g/mol. The molecule has 0 spiro atoms. The molecule has 0 aliphatic heterocycles. The number of hydrogen-bond donors (Lipinski definition) is 3. The monoisotopic (exact) mass is 326 g/mol. The molecule has 1 aliphatic carbocycles. The lowest BCUT2D eigenvalue weighted by Gasteiger charge is -2.26. The molecule has 0 saturated heterocycles. The van der Waals surface area contributed by atoms with E-state index in [1.165, 1.54) is 0 Å². The van der Waals surface area contributed by atoms with Crippen molar-refractivity contribution in [1.29, 1.82) is 0 Å². The van der Waals surface area contributed by atoms with E-state index in [1.807, 2.05) is 6.07 Å². The molecule has 124 valence electrons. The second-order valence-electron chi connectivity index (χ2n) is 6.24. The van der Waals surface area contributed by atoms with E-state index in [-0.39, 0.29) is 23.6 Å². The zero-order valence-corrected chi connectivity index (χ0v) is 13.0. The van der Waals surface area contributed by atoms with Crippen molar-refractivity contribution in [2.45, 2.75) is 37.8 Å². The normalized spacial score (nSPS) is 21.2. The van der Waals surface area contributed by atoms with E-state index in [1.54, 1.807) is 29.0 Å². The molecule has 0 unspecified atom stereocenters. The first-order valence-electron chi connectivity index (χ1n) is 8.06. The van der Waals surface area contributed by atoms with Crippen LogP contribution in [0.15, 0.2) is 35.3 Å². The lowest BCUT2D eigenvalue weighted by Crippen LogP contribution is -2.27. The number of rotatable bonds is 2. The average Bonchev–Trinajstić information content (AvgIpc) is 2.91. The standard InChI is InChI=1S/C17H18N4O3/c22-12-6-4-11(5-7-12)21-16-14(19-17(21)24)9-18-15(20-16)10-2-1-3-13(23)8-10/h1-3,8-9,11-12,22-23H,4-7H2,(H,19,24)/t11-,12-. The molecule has 4 rings (SSSR count). The molecule has 0 amide bonds. The molecule has 1 fully saturated rings. The highest BCUT2D eigenvalue weighted by Gasteiger charge is 2.24. The quantitative estimate of drug-likeness (QED) is 0.668. The van der Waals surface area contributed by atoms with Gasteiger partial charge in [-0.2, -0.15) is 0 Å². The Kier molecular flexibility index (Phi) is 3.57. The van der Waals surface area contributed by atoms with Crippen molar-refractivity contribution in [2.75, 3.05) is 0 Å². The van der Waals surface area contributed by atoms with Crippen molar-refractivity contribution in [3.05, 3.63) is 40.9 Å². The number of aromatic amines is 1. The van der Waals surface area contributed by atoms with Gasteiger partial charge in [0.25, 0.3) is 0 Å². The Bertz CT molecular complexity index is 938. The lowest BCUT2D eigenvalue weighted by atomic mass is 9.93. The van der Waals surface area contributed by atoms with Crippen LogP contribution in [0, 0.1) is 0 Å². The van der Waals surface area contributed by atoms with Crippen LogP contribution in [-0.2, 0) is 0 Å². The van der Waals surface area contributed by atoms with E-state index in [9.17, 15) is 15.0 Å². The number of aromatic hydroxyl groups is 1. The van der Waals surface area contributed by atoms with Gasteiger partial charge in [0.1, 0.15) is 11.3 Å². The van der Waals surface area contributed by atoms with Gasteiger partial charge in [0, 0.05) is 11.6 Å². The molecular weight excluding hydrogens is 308 g/mol. The molecule has 1 aromatic carbocycles. The molecular formula is C17H18N4O3. The van der Waals surface area contributed by atoms with Crippen molar-refractivity contribution in [3.63, 3.8) is 0 Å². The molecule has 24 heavy (non-hydrogen) atoms. The fourth-order valence-electron chi connectivity index (χ4n) is 3.36. The summed E-state index contributed by atoms with van der Waals surface area (Å²) in [7, 11) is 0. The maximum Gasteiger partial charge on any atom is 0.327 e. The zero-order chi connectivity index (χ0) is 16.7. The first-order valence-corrected chi connectivity index (χ1v) is 8.06. The number of phenolic OH excluding ortho intramolecular Hbond substituents is 1. The predicted molar refractivity (Wildman–Crippen MR) is 88.8 cm³/mol. The van der Waals surface area contributed by atoms with Gasteiger partial charge in [-0.05, 0) is 37.8 Å². The number of H-pyrrole nitrogens is 1. The van der Waals surface area contributed by atoms with Gasteiger partial charge in [-0.25, -0.2) is 14.8 Å². The van der Waals surface area contributed by atoms with E-state index >= 15 is 0 Å². The molecule has 7 nitrogen and oxygen atoms in total. The summed E-state index contributed by atoms with van der Waals surface area (Å²) in [6.45, 7) is 0. The van der Waals surface area contributed by atoms with Gasteiger partial charge < -0.3 is 15.2 Å². The topological polar surface area (TPSA) is 104 Å². The van der Waals surface area contributed by atoms with Crippen molar-refractivity contribution in [2.24, 2.45) is 0 Å². The fourth-order valence-corrected chi connectivity index (χ4v) is 3.36. The SMILES string of the molecule is O=c1[nH]c2cnc(-c3cccc(O)c3)nc2n1[C@H]1CC[C@H](O)CC1. The number of benzene rings is 1. The fraction of sp³-hybridized carbons (Fsp3) is 0.353. The Morgan fingerprint density at radius 3 is 2.75 bits per heavy atom. The Morgan fingerprint density at radius 2 is 2.00 bits per heavy atom. The number of fused-ring (bicyclic) bond motifs is 1. The molecule has 2 heterocycles. The van der Waals surface area contributed by atoms with E-state index in [2.05, 4.69) is 15.0 Å². The summed E-state index contributed by atoms with van der Waals surface area (Å²) in [6, 6.07) is 6.74. The third kappa shape index (κ3) is 2.56. The third-order valence-corrected chi connectivity index (χ3v) is 4.59. The first kappa shape index (κ1) is 14.9. The Hall–Kier alpha value is -2.67. The van der Waals surface area contributed by atoms with E-state index in [4.69, 9.17) is 0 Å². The molecule has 3 aromatic rings. The summed E-state index contributed by atoms with van der Waals surface area (Å²) < 4.78 is 1.68. The minimum atomic E-state index is -0.278. The van der Waals surface area contributed by atoms with Crippen molar-refractivity contribution < 1.29 is 10.2 Å². The number of imidazole rings is 1. The van der Waals surface area contributed by atoms with Crippen LogP contribution in [0.25, 0.3) is 22.6 Å². The van der Waals surface area contributed by atoms with Gasteiger partial charge in [-0.1, -0.05) is 12.1 Å². The van der Waals surface area contributed by atoms with Gasteiger partial charge in [0.15, 0.2) is 11.5 Å². The molecule has 0 radical (unpaired) electrons. The van der Waals surface area contributed by atoms with Gasteiger partial charge >= 0.3 is 5.69 Å². The lowest BCUT2D eigenvalue weighted by molar-refractivity contribution is 0.111. The van der Waals surface area contributed by atoms with Crippen LogP contribution in [0.4, 0.5) is 0 Å². The summed E-state index contributed by atoms with van der Waals surface area (Å²) in [5.41, 5.74) is 1.65. The minimum Gasteiger partial charge on any atom is -0.508 e. The smallest absolute Gasteiger partial charge is 0.327 e. The molecule has 1 saturated carbocycles. The summed E-state index contributed by atoms with van der Waals surface area (Å²) in [5.74, 6) is 0.603. The largest absolute Gasteiger partial charge is 0.508 e. The Labute approximate surface area is 137 Å². The second-order valence-corrected chi connectivity index (χ2v) is 6.24. The van der Waals surface area contributed by atoms with E-state index in [0.717, 1.165) is 12.8 Å². The molecule has 1 aliphatic rings. The zero-order valence-electron chi connectivity index (χ0n) is 13.0.